The van der Waals surface area contributed by atoms with Crippen LogP contribution in [0.25, 0.3) is 0 Å². The van der Waals surface area contributed by atoms with Crippen LogP contribution < -0.4 is 0 Å². The lowest BCUT2D eigenvalue weighted by atomic mass is 10.0. The molecule has 0 saturated carbocycles. The molecule has 25 heavy (non-hydrogen) atoms. The molecule has 4 heterocycles. The van der Waals surface area contributed by atoms with Crippen molar-refractivity contribution in [1.82, 2.24) is 24.6 Å². The van der Waals surface area contributed by atoms with Crippen molar-refractivity contribution < 1.29 is 13.9 Å². The van der Waals surface area contributed by atoms with E-state index in [2.05, 4.69) is 15.2 Å². The third kappa shape index (κ3) is 3.06. The number of piperidine rings is 1. The van der Waals surface area contributed by atoms with E-state index in [0.717, 1.165) is 38.7 Å². The van der Waals surface area contributed by atoms with Crippen molar-refractivity contribution in [3.63, 3.8) is 0 Å². The average Bonchev–Trinajstić information content (AvgIpc) is 3.41. The minimum Gasteiger partial charge on any atom is -0.420 e. The van der Waals surface area contributed by atoms with Crippen molar-refractivity contribution in [1.29, 1.82) is 0 Å². The molecule has 1 unspecified atom stereocenters. The number of amides is 1. The van der Waals surface area contributed by atoms with Gasteiger partial charge in [0.1, 0.15) is 12.1 Å². The van der Waals surface area contributed by atoms with Crippen molar-refractivity contribution in [3.05, 3.63) is 30.0 Å². The first-order chi connectivity index (χ1) is 12.3. The van der Waals surface area contributed by atoms with Crippen LogP contribution in [0, 0.1) is 0 Å². The highest BCUT2D eigenvalue weighted by Gasteiger charge is 2.35. The van der Waals surface area contributed by atoms with Gasteiger partial charge in [0, 0.05) is 32.1 Å². The maximum Gasteiger partial charge on any atom is 0.290 e. The minimum atomic E-state index is -0.189. The molecule has 0 radical (unpaired) electrons. The Balaban J connectivity index is 1.58. The van der Waals surface area contributed by atoms with E-state index >= 15 is 0 Å². The summed E-state index contributed by atoms with van der Waals surface area (Å²) in [6, 6.07) is -0.189. The molecule has 0 bridgehead atoms. The van der Waals surface area contributed by atoms with Crippen LogP contribution >= 0.6 is 0 Å². The molecule has 2 fully saturated rings. The predicted molar refractivity (Wildman–Crippen MR) is 87.8 cm³/mol. The van der Waals surface area contributed by atoms with Crippen LogP contribution in [0.5, 0.6) is 0 Å². The van der Waals surface area contributed by atoms with Crippen LogP contribution in [-0.2, 0) is 11.3 Å². The number of rotatable bonds is 4. The molecular weight excluding hydrogens is 322 g/mol. The van der Waals surface area contributed by atoms with Crippen molar-refractivity contribution >= 4 is 5.91 Å². The van der Waals surface area contributed by atoms with E-state index in [1.54, 1.807) is 6.20 Å². The highest BCUT2D eigenvalue weighted by Crippen LogP contribution is 2.34. The molecule has 0 aromatic carbocycles. The average molecular weight is 345 g/mol. The van der Waals surface area contributed by atoms with Crippen LogP contribution in [0.15, 0.2) is 16.8 Å². The quantitative estimate of drug-likeness (QED) is 0.846. The van der Waals surface area contributed by atoms with Crippen molar-refractivity contribution in [3.8, 4) is 0 Å². The summed E-state index contributed by atoms with van der Waals surface area (Å²) in [5, 5.41) is 8.39. The normalized spacial score (nSPS) is 24.0. The molecule has 2 aliphatic rings. The molecule has 0 aliphatic carbocycles. The van der Waals surface area contributed by atoms with Crippen molar-refractivity contribution in [2.24, 2.45) is 0 Å². The van der Waals surface area contributed by atoms with Gasteiger partial charge in [0.15, 0.2) is 5.82 Å². The summed E-state index contributed by atoms with van der Waals surface area (Å²) in [6.45, 7) is 4.12. The molecule has 2 atom stereocenters. The number of hydrogen-bond donors (Lipinski definition) is 0. The van der Waals surface area contributed by atoms with Crippen LogP contribution in [0.1, 0.15) is 73.6 Å². The molecular formula is C17H23N5O3. The topological polar surface area (TPSA) is 86.3 Å². The molecule has 2 saturated heterocycles. The number of imidazole rings is 1. The zero-order valence-electron chi connectivity index (χ0n) is 14.4. The fourth-order valence-electron chi connectivity index (χ4n) is 3.61. The van der Waals surface area contributed by atoms with Gasteiger partial charge >= 0.3 is 0 Å². The number of carbonyl (C=O) groups is 1. The Bertz CT molecular complexity index is 734. The molecule has 2 aromatic heterocycles. The second-order valence-corrected chi connectivity index (χ2v) is 6.53. The van der Waals surface area contributed by atoms with E-state index in [-0.39, 0.29) is 18.1 Å². The van der Waals surface area contributed by atoms with Gasteiger partial charge in [-0.3, -0.25) is 4.79 Å². The second kappa shape index (κ2) is 6.95. The minimum absolute atomic E-state index is 0.0755. The van der Waals surface area contributed by atoms with E-state index in [4.69, 9.17) is 9.15 Å². The molecule has 2 aromatic rings. The third-order valence-corrected chi connectivity index (χ3v) is 4.96. The Hall–Kier alpha value is -2.22. The maximum atomic E-state index is 13.0. The molecule has 134 valence electrons. The maximum absolute atomic E-state index is 13.0. The Kier molecular flexibility index (Phi) is 4.52. The van der Waals surface area contributed by atoms with Crippen molar-refractivity contribution in [2.45, 2.75) is 57.7 Å². The van der Waals surface area contributed by atoms with Gasteiger partial charge in [-0.2, -0.15) is 0 Å². The van der Waals surface area contributed by atoms with Crippen LogP contribution in [0.3, 0.4) is 0 Å². The Morgan fingerprint density at radius 2 is 2.12 bits per heavy atom. The smallest absolute Gasteiger partial charge is 0.290 e. The van der Waals surface area contributed by atoms with Crippen molar-refractivity contribution in [2.75, 3.05) is 13.2 Å². The molecule has 0 spiro atoms. The zero-order chi connectivity index (χ0) is 17.2. The molecule has 4 rings (SSSR count). The highest BCUT2D eigenvalue weighted by atomic mass is 16.5. The number of aromatic nitrogens is 4. The van der Waals surface area contributed by atoms with Gasteiger partial charge in [0.05, 0.1) is 0 Å². The molecule has 0 N–H and O–H groups in total. The lowest BCUT2D eigenvalue weighted by Crippen LogP contribution is -2.40. The summed E-state index contributed by atoms with van der Waals surface area (Å²) < 4.78 is 13.4. The Morgan fingerprint density at radius 3 is 2.92 bits per heavy atom. The summed E-state index contributed by atoms with van der Waals surface area (Å²) in [5.74, 6) is 1.43. The van der Waals surface area contributed by atoms with Crippen LogP contribution in [-0.4, -0.2) is 43.7 Å². The monoisotopic (exact) mass is 345 g/mol. The summed E-state index contributed by atoms with van der Waals surface area (Å²) >= 11 is 0. The van der Waals surface area contributed by atoms with E-state index in [1.165, 1.54) is 0 Å². The summed E-state index contributed by atoms with van der Waals surface area (Å²) in [4.78, 5) is 19.1. The van der Waals surface area contributed by atoms with Gasteiger partial charge in [0.2, 0.25) is 11.8 Å². The molecule has 8 nitrogen and oxygen atoms in total. The SMILES string of the molecule is CCn1ccnc1C(=O)N1CCCCC1c1nnc([C@H]2CCCO2)o1. The summed E-state index contributed by atoms with van der Waals surface area (Å²) in [7, 11) is 0. The number of aryl methyl sites for hydroxylation is 1. The first kappa shape index (κ1) is 16.3. The van der Waals surface area contributed by atoms with E-state index < -0.39 is 0 Å². The fraction of sp³-hybridized carbons (Fsp3) is 0.647. The summed E-state index contributed by atoms with van der Waals surface area (Å²) in [5.41, 5.74) is 0. The Labute approximate surface area is 146 Å². The lowest BCUT2D eigenvalue weighted by molar-refractivity contribution is 0.0533. The molecule has 2 aliphatic heterocycles. The zero-order valence-corrected chi connectivity index (χ0v) is 14.4. The first-order valence-corrected chi connectivity index (χ1v) is 9.05. The van der Waals surface area contributed by atoms with Gasteiger partial charge in [-0.1, -0.05) is 0 Å². The summed E-state index contributed by atoms with van der Waals surface area (Å²) in [6.07, 6.45) is 8.14. The van der Waals surface area contributed by atoms with Gasteiger partial charge in [0.25, 0.3) is 5.91 Å². The third-order valence-electron chi connectivity index (χ3n) is 4.96. The van der Waals surface area contributed by atoms with E-state index in [9.17, 15) is 4.79 Å². The van der Waals surface area contributed by atoms with E-state index in [1.807, 2.05) is 22.6 Å². The van der Waals surface area contributed by atoms with Gasteiger partial charge < -0.3 is 18.6 Å². The molecule has 8 heteroatoms. The van der Waals surface area contributed by atoms with Crippen LogP contribution in [0.2, 0.25) is 0 Å². The number of likely N-dealkylation sites (tertiary alicyclic amines) is 1. The first-order valence-electron chi connectivity index (χ1n) is 9.05. The second-order valence-electron chi connectivity index (χ2n) is 6.53. The molecule has 1 amide bonds. The number of hydrogen-bond acceptors (Lipinski definition) is 6. The highest BCUT2D eigenvalue weighted by molar-refractivity contribution is 5.91. The Morgan fingerprint density at radius 1 is 1.24 bits per heavy atom. The number of carbonyl (C=O) groups excluding carboxylic acids is 1. The van der Waals surface area contributed by atoms with Gasteiger partial charge in [-0.25, -0.2) is 4.98 Å². The largest absolute Gasteiger partial charge is 0.420 e. The lowest BCUT2D eigenvalue weighted by Gasteiger charge is -2.33. The van der Waals surface area contributed by atoms with Crippen LogP contribution in [0.4, 0.5) is 0 Å². The number of nitrogens with zero attached hydrogens (tertiary/aromatic N) is 5. The van der Waals surface area contributed by atoms with E-state index in [0.29, 0.717) is 30.7 Å². The predicted octanol–water partition coefficient (Wildman–Crippen LogP) is 2.50. The standard InChI is InChI=1S/C17H23N5O3/c1-2-21-10-8-18-14(21)17(23)22-9-4-3-6-12(22)15-19-20-16(25-15)13-7-5-11-24-13/h8,10,12-13H,2-7,9,11H2,1H3/t12?,13-/m1/s1. The van der Waals surface area contributed by atoms with Gasteiger partial charge in [-0.15, -0.1) is 10.2 Å². The number of ether oxygens (including phenoxy) is 1. The van der Waals surface area contributed by atoms with Gasteiger partial charge in [-0.05, 0) is 39.0 Å². The fourth-order valence-corrected chi connectivity index (χ4v) is 3.61.